The second-order valence-corrected chi connectivity index (χ2v) is 6.75. The summed E-state index contributed by atoms with van der Waals surface area (Å²) in [5, 5.41) is 3.74. The van der Waals surface area contributed by atoms with E-state index in [1.807, 2.05) is 31.2 Å². The normalized spacial score (nSPS) is 22.9. The van der Waals surface area contributed by atoms with E-state index in [0.717, 1.165) is 25.1 Å². The second kappa shape index (κ2) is 8.16. The van der Waals surface area contributed by atoms with E-state index in [9.17, 15) is 4.79 Å². The molecule has 0 aliphatic carbocycles. The SMILES string of the molecule is CC(NC(=O)CN1CCC(C)(CN)C1)c1ccc(Cl)cc1.Cl. The third-order valence-electron chi connectivity index (χ3n) is 4.24. The summed E-state index contributed by atoms with van der Waals surface area (Å²) in [6.45, 7) is 7.11. The Bertz CT molecular complexity index is 495. The zero-order valence-corrected chi connectivity index (χ0v) is 14.7. The fourth-order valence-electron chi connectivity index (χ4n) is 2.75. The Labute approximate surface area is 143 Å². The van der Waals surface area contributed by atoms with Gasteiger partial charge in [0.1, 0.15) is 0 Å². The van der Waals surface area contributed by atoms with Crippen LogP contribution in [0.15, 0.2) is 24.3 Å². The lowest BCUT2D eigenvalue weighted by Crippen LogP contribution is -2.39. The quantitative estimate of drug-likeness (QED) is 0.862. The maximum absolute atomic E-state index is 12.1. The van der Waals surface area contributed by atoms with Crippen LogP contribution >= 0.6 is 24.0 Å². The first kappa shape index (κ1) is 19.2. The van der Waals surface area contributed by atoms with Crippen LogP contribution in [0.4, 0.5) is 0 Å². The molecule has 0 aromatic heterocycles. The van der Waals surface area contributed by atoms with Gasteiger partial charge in [0.05, 0.1) is 12.6 Å². The number of benzene rings is 1. The fraction of sp³-hybridized carbons (Fsp3) is 0.562. The fourth-order valence-corrected chi connectivity index (χ4v) is 2.88. The Morgan fingerprint density at radius 1 is 1.45 bits per heavy atom. The maximum Gasteiger partial charge on any atom is 0.234 e. The molecule has 6 heteroatoms. The van der Waals surface area contributed by atoms with Gasteiger partial charge < -0.3 is 11.1 Å². The van der Waals surface area contributed by atoms with Gasteiger partial charge in [0, 0.05) is 11.6 Å². The van der Waals surface area contributed by atoms with Crippen LogP contribution in [0.5, 0.6) is 0 Å². The number of nitrogens with one attached hydrogen (secondary N) is 1. The van der Waals surface area contributed by atoms with Crippen LogP contribution in [0.25, 0.3) is 0 Å². The number of halogens is 2. The minimum absolute atomic E-state index is 0. The van der Waals surface area contributed by atoms with Gasteiger partial charge >= 0.3 is 0 Å². The Kier molecular flexibility index (Phi) is 7.13. The summed E-state index contributed by atoms with van der Waals surface area (Å²) in [6.07, 6.45) is 1.06. The summed E-state index contributed by atoms with van der Waals surface area (Å²) in [6, 6.07) is 7.54. The van der Waals surface area contributed by atoms with Gasteiger partial charge in [0.15, 0.2) is 0 Å². The number of carbonyl (C=O) groups is 1. The zero-order valence-electron chi connectivity index (χ0n) is 13.1. The molecule has 1 amide bonds. The first-order valence-corrected chi connectivity index (χ1v) is 7.77. The molecular formula is C16H25Cl2N3O. The minimum Gasteiger partial charge on any atom is -0.348 e. The van der Waals surface area contributed by atoms with E-state index >= 15 is 0 Å². The van der Waals surface area contributed by atoms with Crippen molar-refractivity contribution < 1.29 is 4.79 Å². The average molecular weight is 346 g/mol. The number of nitrogens with zero attached hydrogens (tertiary/aromatic N) is 1. The molecule has 3 N–H and O–H groups in total. The summed E-state index contributed by atoms with van der Waals surface area (Å²) in [5.41, 5.74) is 7.00. The molecule has 4 nitrogen and oxygen atoms in total. The van der Waals surface area contributed by atoms with Gasteiger partial charge in [-0.1, -0.05) is 30.7 Å². The number of likely N-dealkylation sites (tertiary alicyclic amines) is 1. The van der Waals surface area contributed by atoms with Gasteiger partial charge in [-0.05, 0) is 49.5 Å². The van der Waals surface area contributed by atoms with Crippen LogP contribution in [0.2, 0.25) is 5.02 Å². The smallest absolute Gasteiger partial charge is 0.234 e. The third kappa shape index (κ3) is 5.13. The van der Waals surface area contributed by atoms with E-state index < -0.39 is 0 Å². The lowest BCUT2D eigenvalue weighted by Gasteiger charge is -2.23. The summed E-state index contributed by atoms with van der Waals surface area (Å²) in [4.78, 5) is 14.3. The molecule has 124 valence electrons. The molecule has 2 atom stereocenters. The van der Waals surface area contributed by atoms with Gasteiger partial charge in [-0.15, -0.1) is 12.4 Å². The maximum atomic E-state index is 12.1. The molecule has 0 radical (unpaired) electrons. The molecule has 0 bridgehead atoms. The zero-order chi connectivity index (χ0) is 15.5. The van der Waals surface area contributed by atoms with Crippen molar-refractivity contribution >= 4 is 29.9 Å². The number of amides is 1. The summed E-state index contributed by atoms with van der Waals surface area (Å²) in [5.74, 6) is 0.0544. The number of hydrogen-bond donors (Lipinski definition) is 2. The summed E-state index contributed by atoms with van der Waals surface area (Å²) in [7, 11) is 0. The molecule has 0 spiro atoms. The molecular weight excluding hydrogens is 321 g/mol. The lowest BCUT2D eigenvalue weighted by molar-refractivity contribution is -0.122. The Morgan fingerprint density at radius 2 is 2.09 bits per heavy atom. The first-order valence-electron chi connectivity index (χ1n) is 7.39. The summed E-state index contributed by atoms with van der Waals surface area (Å²) < 4.78 is 0. The van der Waals surface area contributed by atoms with Crippen LogP contribution < -0.4 is 11.1 Å². The highest BCUT2D eigenvalue weighted by molar-refractivity contribution is 6.30. The van der Waals surface area contributed by atoms with Crippen LogP contribution in [-0.2, 0) is 4.79 Å². The Balaban J connectivity index is 0.00000242. The average Bonchev–Trinajstić information content (AvgIpc) is 2.81. The van der Waals surface area contributed by atoms with E-state index in [-0.39, 0.29) is 29.8 Å². The predicted octanol–water partition coefficient (Wildman–Crippen LogP) is 2.61. The third-order valence-corrected chi connectivity index (χ3v) is 4.50. The molecule has 1 aliphatic rings. The van der Waals surface area contributed by atoms with Gasteiger partial charge in [-0.25, -0.2) is 0 Å². The van der Waals surface area contributed by atoms with Crippen molar-refractivity contribution in [2.75, 3.05) is 26.2 Å². The highest BCUT2D eigenvalue weighted by atomic mass is 35.5. The Morgan fingerprint density at radius 3 is 2.64 bits per heavy atom. The molecule has 1 saturated heterocycles. The first-order chi connectivity index (χ1) is 9.92. The molecule has 22 heavy (non-hydrogen) atoms. The van der Waals surface area contributed by atoms with Crippen LogP contribution in [0, 0.1) is 5.41 Å². The highest BCUT2D eigenvalue weighted by Gasteiger charge is 2.33. The van der Waals surface area contributed by atoms with E-state index in [1.165, 1.54) is 0 Å². The molecule has 1 aromatic carbocycles. The van der Waals surface area contributed by atoms with E-state index in [1.54, 1.807) is 0 Å². The van der Waals surface area contributed by atoms with Gasteiger partial charge in [0.25, 0.3) is 0 Å². The van der Waals surface area contributed by atoms with E-state index in [2.05, 4.69) is 17.1 Å². The standard InChI is InChI=1S/C16H24ClN3O.ClH/c1-12(13-3-5-14(17)6-4-13)19-15(21)9-20-8-7-16(2,10-18)11-20;/h3-6,12H,7-11,18H2,1-2H3,(H,19,21);1H. The molecule has 1 aliphatic heterocycles. The number of rotatable bonds is 5. The van der Waals surface area contributed by atoms with Crippen molar-refractivity contribution in [3.63, 3.8) is 0 Å². The van der Waals surface area contributed by atoms with Crippen molar-refractivity contribution in [2.45, 2.75) is 26.3 Å². The van der Waals surface area contributed by atoms with Gasteiger partial charge in [-0.3, -0.25) is 9.69 Å². The highest BCUT2D eigenvalue weighted by Crippen LogP contribution is 2.28. The van der Waals surface area contributed by atoms with Gasteiger partial charge in [-0.2, -0.15) is 0 Å². The topological polar surface area (TPSA) is 58.4 Å². The van der Waals surface area contributed by atoms with E-state index in [0.29, 0.717) is 18.1 Å². The minimum atomic E-state index is -0.0155. The van der Waals surface area contributed by atoms with Crippen molar-refractivity contribution in [3.05, 3.63) is 34.9 Å². The van der Waals surface area contributed by atoms with Crippen LogP contribution in [0.3, 0.4) is 0 Å². The monoisotopic (exact) mass is 345 g/mol. The largest absolute Gasteiger partial charge is 0.348 e. The molecule has 1 heterocycles. The summed E-state index contributed by atoms with van der Waals surface area (Å²) >= 11 is 5.87. The lowest BCUT2D eigenvalue weighted by atomic mass is 9.90. The number of carbonyl (C=O) groups excluding carboxylic acids is 1. The van der Waals surface area contributed by atoms with Crippen molar-refractivity contribution in [1.29, 1.82) is 0 Å². The van der Waals surface area contributed by atoms with Crippen molar-refractivity contribution in [2.24, 2.45) is 11.1 Å². The van der Waals surface area contributed by atoms with E-state index in [4.69, 9.17) is 17.3 Å². The van der Waals surface area contributed by atoms with Crippen molar-refractivity contribution in [3.8, 4) is 0 Å². The van der Waals surface area contributed by atoms with Crippen LogP contribution in [0.1, 0.15) is 31.9 Å². The number of nitrogens with two attached hydrogens (primary N) is 1. The second-order valence-electron chi connectivity index (χ2n) is 6.32. The molecule has 1 fully saturated rings. The predicted molar refractivity (Wildman–Crippen MR) is 93.5 cm³/mol. The molecule has 1 aromatic rings. The number of hydrogen-bond acceptors (Lipinski definition) is 3. The van der Waals surface area contributed by atoms with Crippen molar-refractivity contribution in [1.82, 2.24) is 10.2 Å². The van der Waals surface area contributed by atoms with Gasteiger partial charge in [0.2, 0.25) is 5.91 Å². The molecule has 2 unspecified atom stereocenters. The van der Waals surface area contributed by atoms with Crippen LogP contribution in [-0.4, -0.2) is 37.0 Å². The molecule has 0 saturated carbocycles. The Hall–Kier alpha value is -0.810. The molecule has 2 rings (SSSR count).